The molecule has 0 amide bonds. The Morgan fingerprint density at radius 3 is 2.50 bits per heavy atom. The minimum atomic E-state index is -4.75. The molecule has 4 aromatic rings. The molecule has 1 aliphatic rings. The van der Waals surface area contributed by atoms with Crippen LogP contribution in [-0.4, -0.2) is 49.1 Å². The van der Waals surface area contributed by atoms with Crippen molar-refractivity contribution >= 4 is 28.8 Å². The van der Waals surface area contributed by atoms with Gasteiger partial charge in [-0.25, -0.2) is 9.67 Å². The molecule has 0 radical (unpaired) electrons. The number of anilines is 1. The average molecular weight is 595 g/mol. The first-order valence-corrected chi connectivity index (χ1v) is 14.3. The van der Waals surface area contributed by atoms with E-state index in [1.165, 1.54) is 47.0 Å². The lowest BCUT2D eigenvalue weighted by Gasteiger charge is -2.33. The van der Waals surface area contributed by atoms with Gasteiger partial charge < -0.3 is 9.84 Å². The number of benzene rings is 3. The van der Waals surface area contributed by atoms with Gasteiger partial charge in [-0.3, -0.25) is 4.90 Å². The number of halogens is 3. The predicted octanol–water partition coefficient (Wildman–Crippen LogP) is 7.00. The van der Waals surface area contributed by atoms with Crippen molar-refractivity contribution in [2.75, 3.05) is 10.7 Å². The van der Waals surface area contributed by atoms with Crippen molar-refractivity contribution in [2.24, 2.45) is 10.2 Å². The molecule has 1 fully saturated rings. The van der Waals surface area contributed by atoms with Gasteiger partial charge in [0, 0.05) is 17.0 Å². The van der Waals surface area contributed by atoms with E-state index in [9.17, 15) is 18.3 Å². The molecular formula is C30H29F3N6O2S. The molecule has 3 aromatic carbocycles. The summed E-state index contributed by atoms with van der Waals surface area (Å²) in [7, 11) is 0. The molecule has 1 aliphatic heterocycles. The Labute approximate surface area is 245 Å². The van der Waals surface area contributed by atoms with Crippen LogP contribution in [0.4, 0.5) is 18.9 Å². The first-order valence-electron chi connectivity index (χ1n) is 13.3. The average Bonchev–Trinajstić information content (AvgIpc) is 3.57. The predicted molar refractivity (Wildman–Crippen MR) is 159 cm³/mol. The summed E-state index contributed by atoms with van der Waals surface area (Å²) in [6, 6.07) is 20.8. The van der Waals surface area contributed by atoms with Crippen LogP contribution in [0.3, 0.4) is 0 Å². The molecule has 218 valence electrons. The Bertz CT molecular complexity index is 1580. The lowest BCUT2D eigenvalue weighted by Crippen LogP contribution is -2.45. The van der Waals surface area contributed by atoms with Crippen LogP contribution in [0.1, 0.15) is 44.2 Å². The van der Waals surface area contributed by atoms with Gasteiger partial charge in [0.1, 0.15) is 12.1 Å². The van der Waals surface area contributed by atoms with Gasteiger partial charge in [-0.1, -0.05) is 68.1 Å². The van der Waals surface area contributed by atoms with Crippen molar-refractivity contribution in [1.29, 1.82) is 0 Å². The number of para-hydroxylation sites is 1. The van der Waals surface area contributed by atoms with Gasteiger partial charge in [-0.05, 0) is 60.7 Å². The molecule has 0 spiro atoms. The van der Waals surface area contributed by atoms with Crippen molar-refractivity contribution in [3.8, 4) is 22.8 Å². The van der Waals surface area contributed by atoms with E-state index >= 15 is 0 Å². The van der Waals surface area contributed by atoms with E-state index < -0.39 is 12.1 Å². The number of aliphatic hydroxyl groups is 1. The zero-order chi connectivity index (χ0) is 29.9. The molecule has 5 rings (SSSR count). The maximum absolute atomic E-state index is 12.4. The summed E-state index contributed by atoms with van der Waals surface area (Å²) in [5, 5.41) is 25.0. The molecule has 12 heteroatoms. The monoisotopic (exact) mass is 594 g/mol. The van der Waals surface area contributed by atoms with E-state index in [0.717, 1.165) is 28.8 Å². The van der Waals surface area contributed by atoms with E-state index in [1.54, 1.807) is 13.1 Å². The molecule has 2 unspecified atom stereocenters. The van der Waals surface area contributed by atoms with Crippen LogP contribution < -0.4 is 9.64 Å². The van der Waals surface area contributed by atoms with Gasteiger partial charge in [0.15, 0.2) is 16.7 Å². The first kappa shape index (κ1) is 29.3. The Morgan fingerprint density at radius 1 is 1.10 bits per heavy atom. The molecule has 1 saturated heterocycles. The second kappa shape index (κ2) is 12.0. The topological polar surface area (TPSA) is 88.1 Å². The standard InChI is InChI=1S/C30H29F3N6O2S/c1-4-20(2)25-7-5-6-8-26(25)39-28(42-18-29(39,3)40)36-35-17-21-9-11-22(12-10-21)27-34-19-38(37-27)23-13-15-24(16-14-23)41-30(31,32)33/h5-17,19-20,40H,4,18H2,1-3H3. The summed E-state index contributed by atoms with van der Waals surface area (Å²) in [6.07, 6.45) is -0.647. The summed E-state index contributed by atoms with van der Waals surface area (Å²) in [5.41, 5.74) is 3.08. The number of aromatic nitrogens is 3. The highest BCUT2D eigenvalue weighted by atomic mass is 32.2. The molecule has 0 aliphatic carbocycles. The van der Waals surface area contributed by atoms with Crippen molar-refractivity contribution < 1.29 is 23.0 Å². The normalized spacial score (nSPS) is 19.1. The molecule has 0 saturated carbocycles. The van der Waals surface area contributed by atoms with Gasteiger partial charge in [0.05, 0.1) is 11.9 Å². The second-order valence-corrected chi connectivity index (χ2v) is 11.0. The number of ether oxygens (including phenoxy) is 1. The van der Waals surface area contributed by atoms with Crippen molar-refractivity contribution in [1.82, 2.24) is 14.8 Å². The summed E-state index contributed by atoms with van der Waals surface area (Å²) in [6.45, 7) is 6.10. The summed E-state index contributed by atoms with van der Waals surface area (Å²) < 4.78 is 42.6. The van der Waals surface area contributed by atoms with Gasteiger partial charge in [0.2, 0.25) is 0 Å². The molecule has 1 aromatic heterocycles. The van der Waals surface area contributed by atoms with Crippen LogP contribution in [-0.2, 0) is 0 Å². The Hall–Kier alpha value is -4.16. The van der Waals surface area contributed by atoms with Crippen LogP contribution in [0.25, 0.3) is 17.1 Å². The number of rotatable bonds is 8. The van der Waals surface area contributed by atoms with Crippen molar-refractivity contribution in [3.63, 3.8) is 0 Å². The number of nitrogens with zero attached hydrogens (tertiary/aromatic N) is 6. The maximum Gasteiger partial charge on any atom is 0.573 e. The fourth-order valence-corrected chi connectivity index (χ4v) is 5.54. The molecule has 42 heavy (non-hydrogen) atoms. The van der Waals surface area contributed by atoms with Gasteiger partial charge in [-0.15, -0.1) is 23.4 Å². The maximum atomic E-state index is 12.4. The van der Waals surface area contributed by atoms with E-state index in [-0.39, 0.29) is 5.75 Å². The summed E-state index contributed by atoms with van der Waals surface area (Å²) in [4.78, 5) is 6.18. The lowest BCUT2D eigenvalue weighted by atomic mass is 9.96. The molecule has 2 heterocycles. The van der Waals surface area contributed by atoms with Crippen molar-refractivity contribution in [2.45, 2.75) is 45.2 Å². The van der Waals surface area contributed by atoms with E-state index in [1.807, 2.05) is 47.4 Å². The SMILES string of the molecule is CCC(C)c1ccccc1N1C(=NN=Cc2ccc(-c3ncn(-c4ccc(OC(F)(F)F)cc4)n3)cc2)SCC1(C)O. The molecule has 0 bridgehead atoms. The molecular weight excluding hydrogens is 565 g/mol. The van der Waals surface area contributed by atoms with Crippen LogP contribution >= 0.6 is 11.8 Å². The number of alkyl halides is 3. The fourth-order valence-electron chi connectivity index (χ4n) is 4.48. The Kier molecular flexibility index (Phi) is 8.37. The van der Waals surface area contributed by atoms with Crippen LogP contribution in [0.15, 0.2) is 89.3 Å². The third-order valence-corrected chi connectivity index (χ3v) is 8.03. The quantitative estimate of drug-likeness (QED) is 0.175. The van der Waals surface area contributed by atoms with Crippen LogP contribution in [0, 0.1) is 0 Å². The molecule has 2 atom stereocenters. The lowest BCUT2D eigenvalue weighted by molar-refractivity contribution is -0.274. The van der Waals surface area contributed by atoms with E-state index in [4.69, 9.17) is 0 Å². The minimum absolute atomic E-state index is 0.311. The van der Waals surface area contributed by atoms with Crippen molar-refractivity contribution in [3.05, 3.63) is 90.3 Å². The third kappa shape index (κ3) is 6.66. The van der Waals surface area contributed by atoms with Crippen LogP contribution in [0.2, 0.25) is 0 Å². The Balaban J connectivity index is 1.29. The zero-order valence-corrected chi connectivity index (χ0v) is 24.0. The van der Waals surface area contributed by atoms with E-state index in [0.29, 0.717) is 28.4 Å². The van der Waals surface area contributed by atoms with Crippen LogP contribution in [0.5, 0.6) is 5.75 Å². The third-order valence-electron chi connectivity index (χ3n) is 6.81. The first-order chi connectivity index (χ1) is 20.0. The highest BCUT2D eigenvalue weighted by Gasteiger charge is 2.41. The van der Waals surface area contributed by atoms with Gasteiger partial charge in [-0.2, -0.15) is 5.10 Å². The zero-order valence-electron chi connectivity index (χ0n) is 23.2. The summed E-state index contributed by atoms with van der Waals surface area (Å²) in [5.74, 6) is 0.935. The fraction of sp³-hybridized carbons (Fsp3) is 0.267. The highest BCUT2D eigenvalue weighted by molar-refractivity contribution is 8.14. The number of hydrogen-bond acceptors (Lipinski definition) is 7. The number of amidine groups is 1. The molecule has 8 nitrogen and oxygen atoms in total. The summed E-state index contributed by atoms with van der Waals surface area (Å²) >= 11 is 1.46. The smallest absolute Gasteiger partial charge is 0.406 e. The highest BCUT2D eigenvalue weighted by Crippen LogP contribution is 2.40. The molecule has 1 N–H and O–H groups in total. The number of thioether (sulfide) groups is 1. The minimum Gasteiger partial charge on any atom is -0.406 e. The Morgan fingerprint density at radius 2 is 1.81 bits per heavy atom. The number of hydrogen-bond donors (Lipinski definition) is 1. The largest absolute Gasteiger partial charge is 0.573 e. The van der Waals surface area contributed by atoms with Gasteiger partial charge >= 0.3 is 6.36 Å². The van der Waals surface area contributed by atoms with E-state index in [2.05, 4.69) is 44.9 Å². The van der Waals surface area contributed by atoms with Gasteiger partial charge in [0.25, 0.3) is 0 Å². The second-order valence-electron chi connectivity index (χ2n) is 10.0.